The number of nitrogens with two attached hydrogens (primary N) is 1. The molecule has 0 aromatic carbocycles. The van der Waals surface area contributed by atoms with Gasteiger partial charge in [-0.15, -0.1) is 0 Å². The van der Waals surface area contributed by atoms with Crippen LogP contribution in [0, 0.1) is 11.3 Å². The number of fused-ring (bicyclic) bond motifs is 1. The van der Waals surface area contributed by atoms with Crippen LogP contribution in [0.4, 0.5) is 0 Å². The molecule has 1 aliphatic heterocycles. The van der Waals surface area contributed by atoms with E-state index in [2.05, 4.69) is 5.32 Å². The summed E-state index contributed by atoms with van der Waals surface area (Å²) in [4.78, 5) is 12.6. The van der Waals surface area contributed by atoms with Crippen LogP contribution >= 0.6 is 0 Å². The van der Waals surface area contributed by atoms with Gasteiger partial charge in [0.1, 0.15) is 5.54 Å². The standard InChI is InChI=1S/C15H28N2O3/c1-5-7-14(4,19)9-17-12(18)15(16)10-6-8-20-11(10)13(15,2)3/h10-11,19H,5-9,16H2,1-4H3,(H,17,18). The first-order valence-corrected chi connectivity index (χ1v) is 7.58. The zero-order valence-electron chi connectivity index (χ0n) is 13.0. The molecule has 5 nitrogen and oxygen atoms in total. The van der Waals surface area contributed by atoms with E-state index in [1.165, 1.54) is 0 Å². The van der Waals surface area contributed by atoms with Gasteiger partial charge in [-0.25, -0.2) is 0 Å². The predicted octanol–water partition coefficient (Wildman–Crippen LogP) is 0.796. The molecule has 1 amide bonds. The van der Waals surface area contributed by atoms with Crippen molar-refractivity contribution in [2.45, 2.75) is 64.2 Å². The van der Waals surface area contributed by atoms with E-state index < -0.39 is 11.1 Å². The lowest BCUT2D eigenvalue weighted by Gasteiger charge is -2.60. The number of nitrogens with one attached hydrogen (secondary N) is 1. The maximum Gasteiger partial charge on any atom is 0.241 e. The first-order valence-electron chi connectivity index (χ1n) is 7.58. The van der Waals surface area contributed by atoms with Crippen LogP contribution in [0.15, 0.2) is 0 Å². The summed E-state index contributed by atoms with van der Waals surface area (Å²) >= 11 is 0. The summed E-state index contributed by atoms with van der Waals surface area (Å²) in [6, 6.07) is 0. The number of carbonyl (C=O) groups excluding carboxylic acids is 1. The Kier molecular flexibility index (Phi) is 3.91. The van der Waals surface area contributed by atoms with Crippen molar-refractivity contribution in [1.29, 1.82) is 0 Å². The first-order chi connectivity index (χ1) is 9.17. The summed E-state index contributed by atoms with van der Waals surface area (Å²) < 4.78 is 5.69. The number of aliphatic hydroxyl groups is 1. The Bertz CT molecular complexity index is 395. The van der Waals surface area contributed by atoms with Gasteiger partial charge in [-0.2, -0.15) is 0 Å². The molecule has 2 rings (SSSR count). The van der Waals surface area contributed by atoms with E-state index in [4.69, 9.17) is 10.5 Å². The Morgan fingerprint density at radius 2 is 2.20 bits per heavy atom. The molecule has 1 aliphatic carbocycles. The molecule has 1 saturated carbocycles. The van der Waals surface area contributed by atoms with E-state index in [-0.39, 0.29) is 29.9 Å². The molecule has 0 aromatic rings. The molecule has 0 spiro atoms. The van der Waals surface area contributed by atoms with Crippen molar-refractivity contribution in [2.24, 2.45) is 17.1 Å². The predicted molar refractivity (Wildman–Crippen MR) is 77.1 cm³/mol. The number of ether oxygens (including phenoxy) is 1. The molecule has 116 valence electrons. The van der Waals surface area contributed by atoms with E-state index in [9.17, 15) is 9.90 Å². The molecule has 1 saturated heterocycles. The highest BCUT2D eigenvalue weighted by Crippen LogP contribution is 2.58. The summed E-state index contributed by atoms with van der Waals surface area (Å²) in [6.45, 7) is 8.65. The number of hydrogen-bond acceptors (Lipinski definition) is 4. The third-order valence-corrected chi connectivity index (χ3v) is 5.25. The van der Waals surface area contributed by atoms with Crippen LogP contribution in [0.3, 0.4) is 0 Å². The topological polar surface area (TPSA) is 84.6 Å². The number of amides is 1. The molecule has 4 N–H and O–H groups in total. The van der Waals surface area contributed by atoms with E-state index in [1.807, 2.05) is 20.8 Å². The van der Waals surface area contributed by atoms with Crippen LogP contribution in [-0.2, 0) is 9.53 Å². The SMILES string of the molecule is CCCC(C)(O)CNC(=O)C1(N)C2CCOC2C1(C)C. The molecule has 0 aromatic heterocycles. The first kappa shape index (κ1) is 15.7. The van der Waals surface area contributed by atoms with Crippen molar-refractivity contribution < 1.29 is 14.6 Å². The Labute approximate surface area is 121 Å². The van der Waals surface area contributed by atoms with Gasteiger partial charge < -0.3 is 20.9 Å². The zero-order valence-corrected chi connectivity index (χ0v) is 13.0. The van der Waals surface area contributed by atoms with Gasteiger partial charge >= 0.3 is 0 Å². The Morgan fingerprint density at radius 1 is 1.55 bits per heavy atom. The van der Waals surface area contributed by atoms with Crippen molar-refractivity contribution in [2.75, 3.05) is 13.2 Å². The summed E-state index contributed by atoms with van der Waals surface area (Å²) in [5.74, 6) is -0.0701. The fourth-order valence-corrected chi connectivity index (χ4v) is 3.89. The van der Waals surface area contributed by atoms with E-state index in [0.29, 0.717) is 13.0 Å². The van der Waals surface area contributed by atoms with Crippen LogP contribution in [0.1, 0.15) is 47.0 Å². The second-order valence-corrected chi connectivity index (χ2v) is 7.21. The molecule has 2 fully saturated rings. The molecule has 4 unspecified atom stereocenters. The van der Waals surface area contributed by atoms with Crippen molar-refractivity contribution in [3.8, 4) is 0 Å². The minimum absolute atomic E-state index is 0.0782. The lowest BCUT2D eigenvalue weighted by molar-refractivity contribution is -0.176. The third-order valence-electron chi connectivity index (χ3n) is 5.25. The normalized spacial score (nSPS) is 37.7. The average molecular weight is 284 g/mol. The van der Waals surface area contributed by atoms with Gasteiger partial charge in [0.2, 0.25) is 5.91 Å². The monoisotopic (exact) mass is 284 g/mol. The molecular weight excluding hydrogens is 256 g/mol. The Balaban J connectivity index is 2.02. The largest absolute Gasteiger partial charge is 0.388 e. The number of carbonyl (C=O) groups is 1. The molecule has 5 heteroatoms. The van der Waals surface area contributed by atoms with Crippen LogP contribution in [-0.4, -0.2) is 41.4 Å². The van der Waals surface area contributed by atoms with Gasteiger partial charge in [-0.3, -0.25) is 4.79 Å². The van der Waals surface area contributed by atoms with Crippen molar-refractivity contribution in [3.05, 3.63) is 0 Å². The van der Waals surface area contributed by atoms with Crippen LogP contribution in [0.2, 0.25) is 0 Å². The lowest BCUT2D eigenvalue weighted by Crippen LogP contribution is -2.80. The highest BCUT2D eigenvalue weighted by atomic mass is 16.5. The number of hydrogen-bond donors (Lipinski definition) is 3. The molecule has 4 atom stereocenters. The maximum absolute atomic E-state index is 12.6. The van der Waals surface area contributed by atoms with Crippen LogP contribution in [0.25, 0.3) is 0 Å². The quantitative estimate of drug-likeness (QED) is 0.697. The molecule has 20 heavy (non-hydrogen) atoms. The Morgan fingerprint density at radius 3 is 2.80 bits per heavy atom. The summed E-state index contributed by atoms with van der Waals surface area (Å²) in [6.07, 6.45) is 2.45. The van der Waals surface area contributed by atoms with Gasteiger partial charge in [-0.1, -0.05) is 27.2 Å². The van der Waals surface area contributed by atoms with Gasteiger partial charge in [0.05, 0.1) is 11.7 Å². The second-order valence-electron chi connectivity index (χ2n) is 7.21. The third kappa shape index (κ3) is 2.16. The zero-order chi connectivity index (χ0) is 15.2. The average Bonchev–Trinajstić information content (AvgIpc) is 2.83. The van der Waals surface area contributed by atoms with Crippen LogP contribution in [0.5, 0.6) is 0 Å². The Hall–Kier alpha value is -0.650. The van der Waals surface area contributed by atoms with Crippen molar-refractivity contribution in [3.63, 3.8) is 0 Å². The fraction of sp³-hybridized carbons (Fsp3) is 0.933. The lowest BCUT2D eigenvalue weighted by atomic mass is 9.48. The molecule has 1 heterocycles. The van der Waals surface area contributed by atoms with E-state index >= 15 is 0 Å². The highest BCUT2D eigenvalue weighted by molar-refractivity contribution is 5.89. The minimum atomic E-state index is -0.892. The summed E-state index contributed by atoms with van der Waals surface area (Å²) in [5, 5.41) is 13.0. The smallest absolute Gasteiger partial charge is 0.241 e. The van der Waals surface area contributed by atoms with Crippen molar-refractivity contribution in [1.82, 2.24) is 5.32 Å². The molecule has 2 aliphatic rings. The van der Waals surface area contributed by atoms with Gasteiger partial charge in [-0.05, 0) is 19.8 Å². The molecular formula is C15H28N2O3. The number of rotatable bonds is 5. The van der Waals surface area contributed by atoms with Gasteiger partial charge in [0.25, 0.3) is 0 Å². The van der Waals surface area contributed by atoms with Crippen LogP contribution < -0.4 is 11.1 Å². The van der Waals surface area contributed by atoms with E-state index in [1.54, 1.807) is 6.92 Å². The van der Waals surface area contributed by atoms with Gasteiger partial charge in [0.15, 0.2) is 0 Å². The molecule has 0 bridgehead atoms. The highest BCUT2D eigenvalue weighted by Gasteiger charge is 2.71. The summed E-state index contributed by atoms with van der Waals surface area (Å²) in [7, 11) is 0. The van der Waals surface area contributed by atoms with Crippen molar-refractivity contribution >= 4 is 5.91 Å². The fourth-order valence-electron chi connectivity index (χ4n) is 3.89. The maximum atomic E-state index is 12.6. The minimum Gasteiger partial charge on any atom is -0.388 e. The molecule has 0 radical (unpaired) electrons. The van der Waals surface area contributed by atoms with Gasteiger partial charge in [0, 0.05) is 24.5 Å². The summed E-state index contributed by atoms with van der Waals surface area (Å²) in [5.41, 5.74) is 4.31. The van der Waals surface area contributed by atoms with E-state index in [0.717, 1.165) is 12.8 Å². The second kappa shape index (κ2) is 4.97.